The highest BCUT2D eigenvalue weighted by atomic mass is 32.2. The zero-order valence-corrected chi connectivity index (χ0v) is 16.0. The maximum Gasteiger partial charge on any atom is 0.407 e. The second-order valence-corrected chi connectivity index (χ2v) is 7.66. The Morgan fingerprint density at radius 1 is 1.00 bits per heavy atom. The van der Waals surface area contributed by atoms with Crippen molar-refractivity contribution >= 4 is 22.2 Å². The van der Waals surface area contributed by atoms with E-state index in [0.29, 0.717) is 5.56 Å². The first kappa shape index (κ1) is 21.4. The molecular weight excluding hydrogens is 386 g/mol. The van der Waals surface area contributed by atoms with Crippen molar-refractivity contribution in [2.75, 3.05) is 6.26 Å². The second kappa shape index (κ2) is 9.86. The van der Waals surface area contributed by atoms with Gasteiger partial charge in [-0.05, 0) is 17.5 Å². The number of ether oxygens (including phenoxy) is 1. The van der Waals surface area contributed by atoms with Crippen LogP contribution in [-0.2, 0) is 36.9 Å². The summed E-state index contributed by atoms with van der Waals surface area (Å²) in [4.78, 5) is 23.8. The molecule has 0 fully saturated rings. The SMILES string of the molecule is CS(=O)(=O)O[C@@H](C(=O)O)[C@H](Cc1ccccc1)NC(=O)OCc1ccccc1. The fourth-order valence-corrected chi connectivity index (χ4v) is 3.08. The first-order chi connectivity index (χ1) is 13.2. The summed E-state index contributed by atoms with van der Waals surface area (Å²) in [6.45, 7) is -0.0185. The highest BCUT2D eigenvalue weighted by Crippen LogP contribution is 2.12. The Bertz CT molecular complexity index is 885. The largest absolute Gasteiger partial charge is 0.479 e. The molecule has 2 aromatic carbocycles. The van der Waals surface area contributed by atoms with E-state index in [9.17, 15) is 23.1 Å². The molecule has 150 valence electrons. The molecule has 2 rings (SSSR count). The molecule has 1 amide bonds. The van der Waals surface area contributed by atoms with Crippen molar-refractivity contribution in [3.63, 3.8) is 0 Å². The number of alkyl carbamates (subject to hydrolysis) is 1. The van der Waals surface area contributed by atoms with Gasteiger partial charge >= 0.3 is 12.1 Å². The Morgan fingerprint density at radius 3 is 2.04 bits per heavy atom. The summed E-state index contributed by atoms with van der Waals surface area (Å²) in [6, 6.07) is 16.5. The molecule has 0 heterocycles. The molecule has 2 N–H and O–H groups in total. The number of amides is 1. The van der Waals surface area contributed by atoms with Crippen molar-refractivity contribution in [3.05, 3.63) is 71.8 Å². The van der Waals surface area contributed by atoms with Crippen LogP contribution >= 0.6 is 0 Å². The molecule has 0 radical (unpaired) electrons. The summed E-state index contributed by atoms with van der Waals surface area (Å²) < 4.78 is 32.7. The average Bonchev–Trinajstić information content (AvgIpc) is 2.65. The van der Waals surface area contributed by atoms with Gasteiger partial charge < -0.3 is 15.2 Å². The lowest BCUT2D eigenvalue weighted by Crippen LogP contribution is -2.50. The number of carboxylic acid groups (broad SMARTS) is 1. The van der Waals surface area contributed by atoms with Gasteiger partial charge in [-0.1, -0.05) is 60.7 Å². The van der Waals surface area contributed by atoms with Gasteiger partial charge in [-0.3, -0.25) is 4.18 Å². The Hall–Kier alpha value is -2.91. The fourth-order valence-electron chi connectivity index (χ4n) is 2.49. The molecule has 2 aromatic rings. The van der Waals surface area contributed by atoms with Crippen molar-refractivity contribution in [2.45, 2.75) is 25.2 Å². The van der Waals surface area contributed by atoms with Crippen molar-refractivity contribution in [1.29, 1.82) is 0 Å². The predicted octanol–water partition coefficient (Wildman–Crippen LogP) is 1.95. The van der Waals surface area contributed by atoms with E-state index in [-0.39, 0.29) is 13.0 Å². The monoisotopic (exact) mass is 407 g/mol. The molecule has 0 spiro atoms. The van der Waals surface area contributed by atoms with Gasteiger partial charge in [-0.15, -0.1) is 0 Å². The molecular formula is C19H21NO7S. The summed E-state index contributed by atoms with van der Waals surface area (Å²) >= 11 is 0. The summed E-state index contributed by atoms with van der Waals surface area (Å²) in [5.41, 5.74) is 1.44. The quantitative estimate of drug-likeness (QED) is 0.610. The zero-order chi connectivity index (χ0) is 20.6. The Kier molecular flexibility index (Phi) is 7.53. The van der Waals surface area contributed by atoms with E-state index in [1.54, 1.807) is 54.6 Å². The lowest BCUT2D eigenvalue weighted by molar-refractivity contribution is -0.146. The molecule has 28 heavy (non-hydrogen) atoms. The summed E-state index contributed by atoms with van der Waals surface area (Å²) in [7, 11) is -4.07. The maximum atomic E-state index is 12.2. The third-order valence-corrected chi connectivity index (χ3v) is 4.26. The van der Waals surface area contributed by atoms with Crippen LogP contribution in [0, 0.1) is 0 Å². The van der Waals surface area contributed by atoms with Crippen molar-refractivity contribution in [2.24, 2.45) is 0 Å². The second-order valence-electron chi connectivity index (χ2n) is 6.06. The number of aliphatic carboxylic acids is 1. The smallest absolute Gasteiger partial charge is 0.407 e. The van der Waals surface area contributed by atoms with E-state index in [4.69, 9.17) is 8.92 Å². The van der Waals surface area contributed by atoms with Crippen LogP contribution in [0.15, 0.2) is 60.7 Å². The number of carbonyl (C=O) groups is 2. The molecule has 8 nitrogen and oxygen atoms in total. The molecule has 0 aliphatic carbocycles. The Balaban J connectivity index is 2.14. The van der Waals surface area contributed by atoms with E-state index >= 15 is 0 Å². The van der Waals surface area contributed by atoms with Crippen LogP contribution in [0.5, 0.6) is 0 Å². The van der Waals surface area contributed by atoms with Crippen LogP contribution < -0.4 is 5.32 Å². The van der Waals surface area contributed by atoms with Gasteiger partial charge in [-0.25, -0.2) is 9.59 Å². The number of carboxylic acids is 1. The Labute approximate surface area is 163 Å². The van der Waals surface area contributed by atoms with Crippen LogP contribution in [0.2, 0.25) is 0 Å². The van der Waals surface area contributed by atoms with Crippen LogP contribution in [0.4, 0.5) is 4.79 Å². The zero-order valence-electron chi connectivity index (χ0n) is 15.1. The molecule has 0 aliphatic heterocycles. The average molecular weight is 407 g/mol. The number of hydrogen-bond donors (Lipinski definition) is 2. The van der Waals surface area contributed by atoms with Gasteiger partial charge in [0.15, 0.2) is 6.10 Å². The number of hydrogen-bond acceptors (Lipinski definition) is 6. The van der Waals surface area contributed by atoms with Crippen molar-refractivity contribution in [3.8, 4) is 0 Å². The van der Waals surface area contributed by atoms with Crippen LogP contribution in [-0.4, -0.2) is 44.0 Å². The van der Waals surface area contributed by atoms with Crippen LogP contribution in [0.3, 0.4) is 0 Å². The maximum absolute atomic E-state index is 12.2. The number of rotatable bonds is 9. The molecule has 0 saturated heterocycles. The third-order valence-electron chi connectivity index (χ3n) is 3.70. The highest BCUT2D eigenvalue weighted by Gasteiger charge is 2.34. The van der Waals surface area contributed by atoms with Crippen molar-refractivity contribution in [1.82, 2.24) is 5.32 Å². The fraction of sp³-hybridized carbons (Fsp3) is 0.263. The topological polar surface area (TPSA) is 119 Å². The highest BCUT2D eigenvalue weighted by molar-refractivity contribution is 7.86. The van der Waals surface area contributed by atoms with Gasteiger partial charge in [0.2, 0.25) is 0 Å². The van der Waals surface area contributed by atoms with E-state index < -0.39 is 34.3 Å². The minimum Gasteiger partial charge on any atom is -0.479 e. The molecule has 0 bridgehead atoms. The lowest BCUT2D eigenvalue weighted by Gasteiger charge is -2.24. The summed E-state index contributed by atoms with van der Waals surface area (Å²) in [5.74, 6) is -1.52. The van der Waals surface area contributed by atoms with Gasteiger partial charge in [0, 0.05) is 0 Å². The van der Waals surface area contributed by atoms with E-state index in [2.05, 4.69) is 5.32 Å². The first-order valence-corrected chi connectivity index (χ1v) is 10.2. The molecule has 0 aliphatic rings. The standard InChI is InChI=1S/C19H21NO7S/c1-28(24,25)27-17(18(21)22)16(12-14-8-4-2-5-9-14)20-19(23)26-13-15-10-6-3-7-11-15/h2-11,16-17H,12-13H2,1H3,(H,20,23)(H,21,22)/t16-,17+/m0/s1. The van der Waals surface area contributed by atoms with Gasteiger partial charge in [0.05, 0.1) is 12.3 Å². The van der Waals surface area contributed by atoms with Gasteiger partial charge in [-0.2, -0.15) is 8.42 Å². The van der Waals surface area contributed by atoms with Gasteiger partial charge in [0.25, 0.3) is 10.1 Å². The number of benzene rings is 2. The van der Waals surface area contributed by atoms with Crippen molar-refractivity contribution < 1.29 is 32.0 Å². The molecule has 0 saturated carbocycles. The van der Waals surface area contributed by atoms with E-state index in [0.717, 1.165) is 11.8 Å². The van der Waals surface area contributed by atoms with E-state index in [1.165, 1.54) is 0 Å². The Morgan fingerprint density at radius 2 is 1.54 bits per heavy atom. The minimum atomic E-state index is -4.07. The first-order valence-electron chi connectivity index (χ1n) is 8.37. The van der Waals surface area contributed by atoms with Gasteiger partial charge in [0.1, 0.15) is 6.61 Å². The molecule has 0 unspecified atom stereocenters. The number of nitrogens with one attached hydrogen (secondary N) is 1. The normalized spacial score (nSPS) is 13.3. The van der Waals surface area contributed by atoms with Crippen LogP contribution in [0.25, 0.3) is 0 Å². The third kappa shape index (κ3) is 7.37. The summed E-state index contributed by atoms with van der Waals surface area (Å²) in [5, 5.41) is 11.8. The summed E-state index contributed by atoms with van der Waals surface area (Å²) in [6.07, 6.45) is -1.91. The molecule has 0 aromatic heterocycles. The van der Waals surface area contributed by atoms with E-state index in [1.807, 2.05) is 6.07 Å². The number of carbonyl (C=O) groups excluding carboxylic acids is 1. The molecule has 9 heteroatoms. The predicted molar refractivity (Wildman–Crippen MR) is 101 cm³/mol. The minimum absolute atomic E-state index is 0.0185. The lowest BCUT2D eigenvalue weighted by atomic mass is 10.0. The molecule has 2 atom stereocenters. The van der Waals surface area contributed by atoms with Crippen LogP contribution in [0.1, 0.15) is 11.1 Å².